The minimum Gasteiger partial charge on any atom is -0.229 e. The summed E-state index contributed by atoms with van der Waals surface area (Å²) in [5.74, 6) is 1.61. The average molecular weight is 407 g/mol. The second-order valence-electron chi connectivity index (χ2n) is 6.28. The monoisotopic (exact) mass is 406 g/mol. The third-order valence-corrected chi connectivity index (χ3v) is 6.31. The standard InChI is InChI=1S/C22H22N4S2/c1-3-15-27-21-23-19(17-11-7-5-8-12-17)26-22(28-16-4-2)24-20(25(21)26)18-13-9-6-10-14-18/h3-14,19-20H,1-2,15-16H2. The average Bonchev–Trinajstić information content (AvgIpc) is 3.31. The van der Waals surface area contributed by atoms with Crippen LogP contribution in [0.25, 0.3) is 0 Å². The normalized spacial score (nSPS) is 20.6. The van der Waals surface area contributed by atoms with Crippen LogP contribution in [0.4, 0.5) is 0 Å². The molecule has 0 N–H and O–H groups in total. The molecule has 2 aromatic rings. The number of benzene rings is 2. The minimum atomic E-state index is -0.113. The summed E-state index contributed by atoms with van der Waals surface area (Å²) in [6, 6.07) is 20.8. The zero-order valence-corrected chi connectivity index (χ0v) is 17.1. The molecular weight excluding hydrogens is 384 g/mol. The van der Waals surface area contributed by atoms with E-state index in [4.69, 9.17) is 9.98 Å². The van der Waals surface area contributed by atoms with E-state index in [2.05, 4.69) is 71.7 Å². The van der Waals surface area contributed by atoms with E-state index < -0.39 is 0 Å². The minimum absolute atomic E-state index is 0.113. The van der Waals surface area contributed by atoms with Crippen molar-refractivity contribution in [2.75, 3.05) is 11.5 Å². The van der Waals surface area contributed by atoms with Crippen LogP contribution in [-0.4, -0.2) is 31.9 Å². The van der Waals surface area contributed by atoms with Gasteiger partial charge in [0.25, 0.3) is 0 Å². The number of nitrogens with zero attached hydrogens (tertiary/aromatic N) is 4. The van der Waals surface area contributed by atoms with Crippen molar-refractivity contribution in [1.29, 1.82) is 0 Å². The van der Waals surface area contributed by atoms with Crippen LogP contribution in [-0.2, 0) is 0 Å². The van der Waals surface area contributed by atoms with Gasteiger partial charge in [-0.15, -0.1) is 13.2 Å². The molecule has 0 spiro atoms. The van der Waals surface area contributed by atoms with Crippen LogP contribution in [0.2, 0.25) is 0 Å². The van der Waals surface area contributed by atoms with Gasteiger partial charge in [-0.05, 0) is 11.1 Å². The Kier molecular flexibility index (Phi) is 5.88. The van der Waals surface area contributed by atoms with Crippen molar-refractivity contribution in [2.45, 2.75) is 12.3 Å². The van der Waals surface area contributed by atoms with Gasteiger partial charge in [0.05, 0.1) is 0 Å². The molecule has 2 aliphatic heterocycles. The first kappa shape index (κ1) is 18.9. The Hall–Kier alpha value is -2.44. The van der Waals surface area contributed by atoms with Crippen LogP contribution in [0.3, 0.4) is 0 Å². The number of amidine groups is 2. The molecule has 0 bridgehead atoms. The lowest BCUT2D eigenvalue weighted by Crippen LogP contribution is -2.40. The lowest BCUT2D eigenvalue weighted by molar-refractivity contribution is 0.105. The van der Waals surface area contributed by atoms with Crippen LogP contribution in [0.5, 0.6) is 0 Å². The Balaban J connectivity index is 1.76. The highest BCUT2D eigenvalue weighted by Gasteiger charge is 2.46. The maximum atomic E-state index is 5.08. The number of fused-ring (bicyclic) bond motifs is 1. The third kappa shape index (κ3) is 3.62. The Morgan fingerprint density at radius 3 is 1.46 bits per heavy atom. The number of hydrogen-bond donors (Lipinski definition) is 0. The van der Waals surface area contributed by atoms with Gasteiger partial charge in [-0.3, -0.25) is 0 Å². The lowest BCUT2D eigenvalue weighted by Gasteiger charge is -2.31. The van der Waals surface area contributed by atoms with Crippen molar-refractivity contribution in [3.05, 3.63) is 97.1 Å². The summed E-state index contributed by atoms with van der Waals surface area (Å²) in [6.07, 6.45) is 3.60. The van der Waals surface area contributed by atoms with Gasteiger partial charge < -0.3 is 0 Å². The van der Waals surface area contributed by atoms with Gasteiger partial charge in [-0.2, -0.15) is 0 Å². The fourth-order valence-electron chi connectivity index (χ4n) is 3.22. The van der Waals surface area contributed by atoms with Crippen LogP contribution in [0, 0.1) is 0 Å². The molecule has 0 radical (unpaired) electrons. The molecule has 4 rings (SSSR count). The zero-order chi connectivity index (χ0) is 19.3. The van der Waals surface area contributed by atoms with Gasteiger partial charge in [0.1, 0.15) is 0 Å². The first-order chi connectivity index (χ1) is 13.8. The summed E-state index contributed by atoms with van der Waals surface area (Å²) >= 11 is 3.39. The van der Waals surface area contributed by atoms with E-state index in [0.717, 1.165) is 33.0 Å². The van der Waals surface area contributed by atoms with Crippen molar-refractivity contribution < 1.29 is 0 Å². The van der Waals surface area contributed by atoms with E-state index in [1.807, 2.05) is 24.3 Å². The molecule has 2 aliphatic rings. The van der Waals surface area contributed by atoms with Crippen LogP contribution in [0.15, 0.2) is 96.0 Å². The highest BCUT2D eigenvalue weighted by Crippen LogP contribution is 2.45. The van der Waals surface area contributed by atoms with Gasteiger partial charge in [0.15, 0.2) is 22.7 Å². The fourth-order valence-corrected chi connectivity index (χ4v) is 4.74. The van der Waals surface area contributed by atoms with Gasteiger partial charge in [-0.25, -0.2) is 20.0 Å². The number of rotatable bonds is 6. The predicted molar refractivity (Wildman–Crippen MR) is 122 cm³/mol. The van der Waals surface area contributed by atoms with E-state index in [9.17, 15) is 0 Å². The molecule has 2 unspecified atom stereocenters. The molecule has 2 aromatic carbocycles. The summed E-state index contributed by atoms with van der Waals surface area (Å²) in [7, 11) is 0. The molecule has 142 valence electrons. The summed E-state index contributed by atoms with van der Waals surface area (Å²) < 4.78 is 0. The Morgan fingerprint density at radius 1 is 0.714 bits per heavy atom. The zero-order valence-electron chi connectivity index (χ0n) is 15.5. The van der Waals surface area contributed by atoms with E-state index in [-0.39, 0.29) is 12.3 Å². The number of aliphatic imine (C=N–C) groups is 2. The summed E-state index contributed by atoms with van der Waals surface area (Å²) in [6.45, 7) is 7.73. The molecular formula is C22H22N4S2. The van der Waals surface area contributed by atoms with Crippen LogP contribution < -0.4 is 0 Å². The molecule has 28 heavy (non-hydrogen) atoms. The third-order valence-electron chi connectivity index (χ3n) is 4.41. The molecule has 0 aromatic heterocycles. The van der Waals surface area contributed by atoms with Crippen LogP contribution >= 0.6 is 23.5 Å². The van der Waals surface area contributed by atoms with E-state index in [0.29, 0.717) is 0 Å². The SMILES string of the molecule is C=CCSC1=NC(c2ccccc2)N2C(SCC=C)=NC(c3ccccc3)N12. The van der Waals surface area contributed by atoms with E-state index in [1.54, 1.807) is 23.5 Å². The first-order valence-corrected chi connectivity index (χ1v) is 11.1. The maximum absolute atomic E-state index is 5.08. The Morgan fingerprint density at radius 2 is 1.11 bits per heavy atom. The fraction of sp³-hybridized carbons (Fsp3) is 0.182. The highest BCUT2D eigenvalue weighted by atomic mass is 32.2. The smallest absolute Gasteiger partial charge is 0.183 e. The number of hydrogen-bond acceptors (Lipinski definition) is 6. The predicted octanol–water partition coefficient (Wildman–Crippen LogP) is 5.48. The molecule has 0 saturated carbocycles. The van der Waals surface area contributed by atoms with Crippen molar-refractivity contribution in [1.82, 2.24) is 10.0 Å². The molecule has 4 nitrogen and oxygen atoms in total. The van der Waals surface area contributed by atoms with Crippen molar-refractivity contribution in [2.24, 2.45) is 9.98 Å². The van der Waals surface area contributed by atoms with E-state index in [1.165, 1.54) is 0 Å². The van der Waals surface area contributed by atoms with Crippen molar-refractivity contribution >= 4 is 33.9 Å². The van der Waals surface area contributed by atoms with Gasteiger partial charge in [0, 0.05) is 11.5 Å². The largest absolute Gasteiger partial charge is 0.229 e. The molecule has 0 fully saturated rings. The number of thioether (sulfide) groups is 2. The summed E-state index contributed by atoms with van der Waals surface area (Å²) in [5, 5.41) is 6.40. The first-order valence-electron chi connectivity index (χ1n) is 9.14. The van der Waals surface area contributed by atoms with Gasteiger partial charge in [0.2, 0.25) is 0 Å². The number of hydrazine groups is 1. The summed E-state index contributed by atoms with van der Waals surface area (Å²) in [5.41, 5.74) is 2.31. The molecule has 2 heterocycles. The molecule has 0 saturated heterocycles. The highest BCUT2D eigenvalue weighted by molar-refractivity contribution is 8.14. The molecule has 6 heteroatoms. The Bertz CT molecular complexity index is 820. The summed E-state index contributed by atoms with van der Waals surface area (Å²) in [4.78, 5) is 10.2. The van der Waals surface area contributed by atoms with E-state index >= 15 is 0 Å². The van der Waals surface area contributed by atoms with Crippen LogP contribution in [0.1, 0.15) is 23.5 Å². The van der Waals surface area contributed by atoms with Crippen molar-refractivity contribution in [3.63, 3.8) is 0 Å². The lowest BCUT2D eigenvalue weighted by atomic mass is 10.2. The quantitative estimate of drug-likeness (QED) is 0.595. The molecule has 2 atom stereocenters. The molecule has 0 aliphatic carbocycles. The topological polar surface area (TPSA) is 31.2 Å². The Labute approximate surface area is 174 Å². The molecule has 0 amide bonds. The van der Waals surface area contributed by atoms with Gasteiger partial charge in [-0.1, -0.05) is 96.3 Å². The van der Waals surface area contributed by atoms with Gasteiger partial charge >= 0.3 is 0 Å². The van der Waals surface area contributed by atoms with Crippen molar-refractivity contribution in [3.8, 4) is 0 Å². The second-order valence-corrected chi connectivity index (χ2v) is 8.25. The maximum Gasteiger partial charge on any atom is 0.183 e. The second kappa shape index (κ2) is 8.71.